The highest BCUT2D eigenvalue weighted by Crippen LogP contribution is 2.23. The van der Waals surface area contributed by atoms with Crippen LogP contribution in [0.2, 0.25) is 0 Å². The minimum Gasteiger partial charge on any atom is -0.462 e. The standard InChI is InChI=1S/C50H94O10/c1-3-5-7-9-11-13-15-17-19-20-21-22-23-25-26-28-30-32-34-36-38-45(52)57-41-43(42-58-50-49(56)48(55)47(54)44(40-51)60-50)59-46(53)39-37-35-33-31-29-27-24-18-16-14-12-10-8-6-4-2/h4,43-44,47-51,54-56H,2-3,5-42H2,1H3/t43-,44-,47+,48?,49?,50-/m0/s1. The minimum absolute atomic E-state index is 0.212. The quantitative estimate of drug-likeness (QED) is 0.0265. The molecule has 1 saturated heterocycles. The van der Waals surface area contributed by atoms with E-state index in [1.807, 2.05) is 6.08 Å². The molecule has 1 aliphatic rings. The van der Waals surface area contributed by atoms with Gasteiger partial charge in [-0.25, -0.2) is 0 Å². The van der Waals surface area contributed by atoms with Crippen molar-refractivity contribution < 1.29 is 49.0 Å². The summed E-state index contributed by atoms with van der Waals surface area (Å²) in [6, 6.07) is 0. The van der Waals surface area contributed by atoms with Gasteiger partial charge in [0.25, 0.3) is 0 Å². The average Bonchev–Trinajstić information content (AvgIpc) is 3.25. The van der Waals surface area contributed by atoms with Crippen molar-refractivity contribution in [1.29, 1.82) is 0 Å². The smallest absolute Gasteiger partial charge is 0.306 e. The van der Waals surface area contributed by atoms with Gasteiger partial charge in [0, 0.05) is 12.8 Å². The van der Waals surface area contributed by atoms with E-state index in [-0.39, 0.29) is 32.0 Å². The van der Waals surface area contributed by atoms with Crippen LogP contribution in [0.3, 0.4) is 0 Å². The maximum absolute atomic E-state index is 12.8. The number of aliphatic hydroxyl groups is 4. The Labute approximate surface area is 367 Å². The molecule has 1 rings (SSSR count). The Hall–Kier alpha value is -1.56. The molecule has 354 valence electrons. The van der Waals surface area contributed by atoms with Gasteiger partial charge in [-0.05, 0) is 25.7 Å². The zero-order valence-corrected chi connectivity index (χ0v) is 38.6. The summed E-state index contributed by atoms with van der Waals surface area (Å²) in [5.41, 5.74) is 0. The maximum atomic E-state index is 12.8. The molecule has 2 unspecified atom stereocenters. The van der Waals surface area contributed by atoms with Gasteiger partial charge in [-0.3, -0.25) is 9.59 Å². The van der Waals surface area contributed by atoms with Crippen LogP contribution in [0.25, 0.3) is 0 Å². The third kappa shape index (κ3) is 32.2. The lowest BCUT2D eigenvalue weighted by molar-refractivity contribution is -0.305. The van der Waals surface area contributed by atoms with Crippen LogP contribution in [0.5, 0.6) is 0 Å². The molecule has 0 spiro atoms. The topological polar surface area (TPSA) is 152 Å². The van der Waals surface area contributed by atoms with E-state index in [2.05, 4.69) is 13.5 Å². The summed E-state index contributed by atoms with van der Waals surface area (Å²) < 4.78 is 22.2. The van der Waals surface area contributed by atoms with Crippen molar-refractivity contribution in [2.75, 3.05) is 19.8 Å². The number of carbonyl (C=O) groups is 2. The summed E-state index contributed by atoms with van der Waals surface area (Å²) in [6.07, 6.45) is 36.8. The Kier molecular flexibility index (Phi) is 39.0. The molecule has 1 aliphatic heterocycles. The minimum atomic E-state index is -1.59. The molecule has 10 nitrogen and oxygen atoms in total. The monoisotopic (exact) mass is 855 g/mol. The van der Waals surface area contributed by atoms with Crippen LogP contribution in [0.15, 0.2) is 12.7 Å². The third-order valence-corrected chi connectivity index (χ3v) is 12.0. The Morgan fingerprint density at radius 1 is 0.533 bits per heavy atom. The maximum Gasteiger partial charge on any atom is 0.306 e. The lowest BCUT2D eigenvalue weighted by atomic mass is 9.99. The third-order valence-electron chi connectivity index (χ3n) is 12.0. The summed E-state index contributed by atoms with van der Waals surface area (Å²) >= 11 is 0. The van der Waals surface area contributed by atoms with Crippen molar-refractivity contribution in [2.45, 2.75) is 275 Å². The van der Waals surface area contributed by atoms with Crippen molar-refractivity contribution in [2.24, 2.45) is 0 Å². The SMILES string of the molecule is C=CCCCCCCCCCCCCCCCC(=O)O[C@@H](COC(=O)CCCCCCCCCCCCCCCCCCCCCC)CO[C@H]1O[C@@H](CO)[C@@H](O)C(O)C1O. The second kappa shape index (κ2) is 41.5. The van der Waals surface area contributed by atoms with Crippen LogP contribution in [0, 0.1) is 0 Å². The number of hydrogen-bond donors (Lipinski definition) is 4. The number of allylic oxidation sites excluding steroid dienone is 1. The lowest BCUT2D eigenvalue weighted by Crippen LogP contribution is -2.59. The van der Waals surface area contributed by atoms with Gasteiger partial charge in [0.15, 0.2) is 12.4 Å². The summed E-state index contributed by atoms with van der Waals surface area (Å²) in [4.78, 5) is 25.4. The Balaban J connectivity index is 2.23. The van der Waals surface area contributed by atoms with Crippen molar-refractivity contribution >= 4 is 11.9 Å². The summed E-state index contributed by atoms with van der Waals surface area (Å²) in [5, 5.41) is 40.2. The van der Waals surface area contributed by atoms with Gasteiger partial charge in [0.05, 0.1) is 13.2 Å². The molecule has 0 radical (unpaired) electrons. The fourth-order valence-electron chi connectivity index (χ4n) is 8.05. The van der Waals surface area contributed by atoms with E-state index in [0.29, 0.717) is 6.42 Å². The lowest BCUT2D eigenvalue weighted by Gasteiger charge is -2.39. The largest absolute Gasteiger partial charge is 0.462 e. The van der Waals surface area contributed by atoms with Gasteiger partial charge >= 0.3 is 11.9 Å². The van der Waals surface area contributed by atoms with Gasteiger partial charge in [-0.2, -0.15) is 0 Å². The number of hydrogen-bond acceptors (Lipinski definition) is 10. The first kappa shape index (κ1) is 56.5. The van der Waals surface area contributed by atoms with Crippen molar-refractivity contribution in [3.05, 3.63) is 12.7 Å². The predicted octanol–water partition coefficient (Wildman–Crippen LogP) is 11.5. The van der Waals surface area contributed by atoms with Crippen molar-refractivity contribution in [3.8, 4) is 0 Å². The van der Waals surface area contributed by atoms with Crippen LogP contribution in [0.1, 0.15) is 238 Å². The van der Waals surface area contributed by atoms with Crippen LogP contribution < -0.4 is 0 Å². The number of aliphatic hydroxyl groups excluding tert-OH is 4. The van der Waals surface area contributed by atoms with Crippen LogP contribution >= 0.6 is 0 Å². The highest BCUT2D eigenvalue weighted by molar-refractivity contribution is 5.70. The fourth-order valence-corrected chi connectivity index (χ4v) is 8.05. The first-order valence-electron chi connectivity index (χ1n) is 25.2. The molecule has 0 aromatic carbocycles. The number of unbranched alkanes of at least 4 members (excludes halogenated alkanes) is 32. The van der Waals surface area contributed by atoms with E-state index >= 15 is 0 Å². The first-order chi connectivity index (χ1) is 29.3. The van der Waals surface area contributed by atoms with Gasteiger partial charge in [0.1, 0.15) is 31.0 Å². The Bertz CT molecular complexity index is 977. The van der Waals surface area contributed by atoms with Gasteiger partial charge in [-0.15, -0.1) is 6.58 Å². The predicted molar refractivity (Wildman–Crippen MR) is 243 cm³/mol. The zero-order valence-electron chi connectivity index (χ0n) is 38.6. The highest BCUT2D eigenvalue weighted by atomic mass is 16.7. The summed E-state index contributed by atoms with van der Waals surface area (Å²) in [7, 11) is 0. The molecule has 4 N–H and O–H groups in total. The Morgan fingerprint density at radius 2 is 0.917 bits per heavy atom. The number of ether oxygens (including phenoxy) is 4. The van der Waals surface area contributed by atoms with Gasteiger partial charge in [-0.1, -0.05) is 206 Å². The molecule has 0 amide bonds. The van der Waals surface area contributed by atoms with E-state index in [4.69, 9.17) is 18.9 Å². The van der Waals surface area contributed by atoms with E-state index in [9.17, 15) is 30.0 Å². The molecule has 10 heteroatoms. The molecule has 60 heavy (non-hydrogen) atoms. The molecule has 0 bridgehead atoms. The summed E-state index contributed by atoms with van der Waals surface area (Å²) in [5.74, 6) is -0.794. The second-order valence-corrected chi connectivity index (χ2v) is 17.7. The normalized spacial score (nSPS) is 19.6. The van der Waals surface area contributed by atoms with Crippen LogP contribution in [0.4, 0.5) is 0 Å². The van der Waals surface area contributed by atoms with Gasteiger partial charge < -0.3 is 39.4 Å². The molecular weight excluding hydrogens is 761 g/mol. The fraction of sp³-hybridized carbons (Fsp3) is 0.920. The Morgan fingerprint density at radius 3 is 1.32 bits per heavy atom. The number of carbonyl (C=O) groups excluding carboxylic acids is 2. The number of rotatable bonds is 44. The van der Waals surface area contributed by atoms with Crippen molar-refractivity contribution in [1.82, 2.24) is 0 Å². The number of esters is 2. The zero-order chi connectivity index (χ0) is 43.7. The van der Waals surface area contributed by atoms with E-state index in [0.717, 1.165) is 44.9 Å². The first-order valence-corrected chi connectivity index (χ1v) is 25.2. The molecular formula is C50H94O10. The summed E-state index contributed by atoms with van der Waals surface area (Å²) in [6.45, 7) is 4.99. The van der Waals surface area contributed by atoms with E-state index in [1.165, 1.54) is 167 Å². The highest BCUT2D eigenvalue weighted by Gasteiger charge is 2.44. The average molecular weight is 855 g/mol. The molecule has 1 heterocycles. The molecule has 6 atom stereocenters. The molecule has 1 fully saturated rings. The second-order valence-electron chi connectivity index (χ2n) is 17.7. The van der Waals surface area contributed by atoms with Crippen LogP contribution in [-0.4, -0.2) is 89.0 Å². The van der Waals surface area contributed by atoms with E-state index < -0.39 is 49.4 Å². The van der Waals surface area contributed by atoms with Crippen LogP contribution in [-0.2, 0) is 28.5 Å². The van der Waals surface area contributed by atoms with E-state index in [1.54, 1.807) is 0 Å². The van der Waals surface area contributed by atoms with Gasteiger partial charge in [0.2, 0.25) is 0 Å². The molecule has 0 aromatic rings. The van der Waals surface area contributed by atoms with Crippen molar-refractivity contribution in [3.63, 3.8) is 0 Å². The molecule has 0 aromatic heterocycles. The molecule has 0 aliphatic carbocycles. The molecule has 0 saturated carbocycles.